The molecule has 1 nitrogen and oxygen atoms in total. The van der Waals surface area contributed by atoms with Crippen LogP contribution < -0.4 is 0 Å². The summed E-state index contributed by atoms with van der Waals surface area (Å²) in [5.41, 5.74) is 0.0106. The molecule has 0 rings (SSSR count). The molecule has 0 radical (unpaired) electrons. The topological polar surface area (TPSA) is 9.23 Å². The number of hydrogen-bond acceptors (Lipinski definition) is 1. The Balaban J connectivity index is 3.53. The van der Waals surface area contributed by atoms with Crippen LogP contribution in [-0.2, 0) is 4.74 Å². The van der Waals surface area contributed by atoms with Crippen molar-refractivity contribution in [1.29, 1.82) is 0 Å². The minimum Gasteiger partial charge on any atom is -0.323 e. The van der Waals surface area contributed by atoms with E-state index >= 15 is 0 Å². The average Bonchev–Trinajstić information content (AvgIpc) is 1.85. The van der Waals surface area contributed by atoms with Crippen molar-refractivity contribution in [2.24, 2.45) is 5.41 Å². The zero-order valence-corrected chi connectivity index (χ0v) is 7.65. The van der Waals surface area contributed by atoms with E-state index in [1.807, 2.05) is 13.8 Å². The molecule has 0 aromatic rings. The number of hydrogen-bond donors (Lipinski definition) is 0. The van der Waals surface area contributed by atoms with Crippen LogP contribution in [-0.4, -0.2) is 13.2 Å². The molecule has 0 N–H and O–H groups in total. The molecule has 0 unspecified atom stereocenters. The van der Waals surface area contributed by atoms with Crippen LogP contribution in [0.4, 0.5) is 8.78 Å². The summed E-state index contributed by atoms with van der Waals surface area (Å²) in [4.78, 5) is 0. The van der Waals surface area contributed by atoms with E-state index in [4.69, 9.17) is 0 Å². The van der Waals surface area contributed by atoms with E-state index in [1.54, 1.807) is 6.08 Å². The predicted molar refractivity (Wildman–Crippen MR) is 45.2 cm³/mol. The SMILES string of the molecule is C=CCC(C)(C)CCOC(F)F. The quantitative estimate of drug-likeness (QED) is 0.567. The molecule has 3 heteroatoms. The van der Waals surface area contributed by atoms with E-state index in [9.17, 15) is 8.78 Å². The largest absolute Gasteiger partial charge is 0.345 e. The molecule has 72 valence electrons. The lowest BCUT2D eigenvalue weighted by molar-refractivity contribution is -0.133. The summed E-state index contributed by atoms with van der Waals surface area (Å²) in [6.45, 7) is 5.07. The Kier molecular flexibility index (Phi) is 5.06. The van der Waals surface area contributed by atoms with Gasteiger partial charge in [-0.1, -0.05) is 19.9 Å². The van der Waals surface area contributed by atoms with Crippen LogP contribution in [0, 0.1) is 5.41 Å². The lowest BCUT2D eigenvalue weighted by Crippen LogP contribution is -2.14. The van der Waals surface area contributed by atoms with E-state index < -0.39 is 6.61 Å². The maximum absolute atomic E-state index is 11.6. The van der Waals surface area contributed by atoms with Crippen molar-refractivity contribution in [3.8, 4) is 0 Å². The summed E-state index contributed by atoms with van der Waals surface area (Å²) in [6, 6.07) is 0. The van der Waals surface area contributed by atoms with Gasteiger partial charge in [-0.15, -0.1) is 6.58 Å². The van der Waals surface area contributed by atoms with Gasteiger partial charge in [0.05, 0.1) is 6.61 Å². The molecular weight excluding hydrogens is 162 g/mol. The fourth-order valence-electron chi connectivity index (χ4n) is 0.917. The molecule has 0 aromatic carbocycles. The fourth-order valence-corrected chi connectivity index (χ4v) is 0.917. The first-order valence-electron chi connectivity index (χ1n) is 3.98. The van der Waals surface area contributed by atoms with E-state index in [1.165, 1.54) is 0 Å². The molecule has 12 heavy (non-hydrogen) atoms. The lowest BCUT2D eigenvalue weighted by Gasteiger charge is -2.22. The highest BCUT2D eigenvalue weighted by Gasteiger charge is 2.16. The molecule has 0 aliphatic carbocycles. The van der Waals surface area contributed by atoms with Gasteiger partial charge >= 0.3 is 6.61 Å². The maximum atomic E-state index is 11.6. The van der Waals surface area contributed by atoms with Gasteiger partial charge in [0.2, 0.25) is 0 Å². The van der Waals surface area contributed by atoms with Crippen LogP contribution in [0.2, 0.25) is 0 Å². The Labute approximate surface area is 72.4 Å². The highest BCUT2D eigenvalue weighted by molar-refractivity contribution is 4.79. The molecule has 0 saturated heterocycles. The van der Waals surface area contributed by atoms with Gasteiger partial charge in [0.25, 0.3) is 0 Å². The maximum Gasteiger partial charge on any atom is 0.345 e. The van der Waals surface area contributed by atoms with Crippen LogP contribution in [0.5, 0.6) is 0 Å². The van der Waals surface area contributed by atoms with Crippen LogP contribution in [0.3, 0.4) is 0 Å². The van der Waals surface area contributed by atoms with Crippen molar-refractivity contribution in [2.75, 3.05) is 6.61 Å². The van der Waals surface area contributed by atoms with Crippen LogP contribution in [0.1, 0.15) is 26.7 Å². The minimum absolute atomic E-state index is 0.0106. The van der Waals surface area contributed by atoms with Gasteiger partial charge in [-0.2, -0.15) is 8.78 Å². The zero-order valence-electron chi connectivity index (χ0n) is 7.65. The first-order chi connectivity index (χ1) is 5.48. The van der Waals surface area contributed by atoms with Crippen molar-refractivity contribution >= 4 is 0 Å². The number of rotatable bonds is 6. The zero-order chi connectivity index (χ0) is 9.61. The first kappa shape index (κ1) is 11.6. The molecular formula is C9H16F2O. The molecule has 0 fully saturated rings. The van der Waals surface area contributed by atoms with Gasteiger partial charge in [0, 0.05) is 0 Å². The number of allylic oxidation sites excluding steroid dienone is 1. The standard InChI is InChI=1S/C9H16F2O/c1-4-5-9(2,3)6-7-12-8(10)11/h4,8H,1,5-7H2,2-3H3. The second kappa shape index (κ2) is 5.25. The number of halogens is 2. The molecule has 0 bridgehead atoms. The van der Waals surface area contributed by atoms with E-state index in [0.717, 1.165) is 6.42 Å². The van der Waals surface area contributed by atoms with Gasteiger partial charge in [0.15, 0.2) is 0 Å². The van der Waals surface area contributed by atoms with Gasteiger partial charge in [0.1, 0.15) is 0 Å². The Hall–Kier alpha value is -0.440. The third-order valence-electron chi connectivity index (χ3n) is 1.72. The molecule has 0 spiro atoms. The predicted octanol–water partition coefficient (Wildman–Crippen LogP) is 3.22. The summed E-state index contributed by atoms with van der Waals surface area (Å²) in [5, 5.41) is 0. The summed E-state index contributed by atoms with van der Waals surface area (Å²) < 4.78 is 27.3. The monoisotopic (exact) mass is 178 g/mol. The van der Waals surface area contributed by atoms with Crippen molar-refractivity contribution in [3.05, 3.63) is 12.7 Å². The molecule has 0 saturated carbocycles. The third-order valence-corrected chi connectivity index (χ3v) is 1.72. The molecule has 0 amide bonds. The van der Waals surface area contributed by atoms with E-state index in [0.29, 0.717) is 6.42 Å². The summed E-state index contributed by atoms with van der Waals surface area (Å²) in [6.07, 6.45) is 3.24. The Morgan fingerprint density at radius 2 is 2.08 bits per heavy atom. The molecule has 0 aliphatic rings. The van der Waals surface area contributed by atoms with Gasteiger partial charge in [-0.05, 0) is 18.3 Å². The number of ether oxygens (including phenoxy) is 1. The summed E-state index contributed by atoms with van der Waals surface area (Å²) >= 11 is 0. The second-order valence-electron chi connectivity index (χ2n) is 3.54. The van der Waals surface area contributed by atoms with E-state index in [2.05, 4.69) is 11.3 Å². The van der Waals surface area contributed by atoms with E-state index in [-0.39, 0.29) is 12.0 Å². The van der Waals surface area contributed by atoms with Crippen molar-refractivity contribution in [1.82, 2.24) is 0 Å². The Morgan fingerprint density at radius 1 is 1.50 bits per heavy atom. The average molecular weight is 178 g/mol. The van der Waals surface area contributed by atoms with Gasteiger partial charge < -0.3 is 4.74 Å². The second-order valence-corrected chi connectivity index (χ2v) is 3.54. The highest BCUT2D eigenvalue weighted by atomic mass is 19.3. The van der Waals surface area contributed by atoms with Gasteiger partial charge in [-0.3, -0.25) is 0 Å². The smallest absolute Gasteiger partial charge is 0.323 e. The van der Waals surface area contributed by atoms with Crippen molar-refractivity contribution < 1.29 is 13.5 Å². The summed E-state index contributed by atoms with van der Waals surface area (Å²) in [7, 11) is 0. The number of alkyl halides is 2. The Bertz CT molecular complexity index is 132. The van der Waals surface area contributed by atoms with Gasteiger partial charge in [-0.25, -0.2) is 0 Å². The first-order valence-corrected chi connectivity index (χ1v) is 3.98. The third kappa shape index (κ3) is 6.28. The van der Waals surface area contributed by atoms with Crippen molar-refractivity contribution in [3.63, 3.8) is 0 Å². The van der Waals surface area contributed by atoms with Crippen LogP contribution in [0.25, 0.3) is 0 Å². The Morgan fingerprint density at radius 3 is 2.50 bits per heavy atom. The highest BCUT2D eigenvalue weighted by Crippen LogP contribution is 2.25. The van der Waals surface area contributed by atoms with Crippen LogP contribution in [0.15, 0.2) is 12.7 Å². The van der Waals surface area contributed by atoms with Crippen molar-refractivity contribution in [2.45, 2.75) is 33.3 Å². The lowest BCUT2D eigenvalue weighted by atomic mass is 9.86. The summed E-state index contributed by atoms with van der Waals surface area (Å²) in [5.74, 6) is 0. The minimum atomic E-state index is -2.65. The molecule has 0 aliphatic heterocycles. The molecule has 0 aromatic heterocycles. The normalized spacial score (nSPS) is 12.1. The molecule has 0 heterocycles. The fraction of sp³-hybridized carbons (Fsp3) is 0.778. The van der Waals surface area contributed by atoms with Crippen LogP contribution >= 0.6 is 0 Å². The molecule has 0 atom stereocenters.